The van der Waals surface area contributed by atoms with Gasteiger partial charge in [0.2, 0.25) is 53.2 Å². The fourth-order valence-electron chi connectivity index (χ4n) is 8.43. The minimum atomic E-state index is -1.28. The Balaban J connectivity index is 1.14. The summed E-state index contributed by atoms with van der Waals surface area (Å²) in [7, 11) is 0. The molecule has 3 aromatic rings. The molecule has 70 heavy (non-hydrogen) atoms. The summed E-state index contributed by atoms with van der Waals surface area (Å²) in [5.41, 5.74) is 8.24. The number of likely N-dealkylation sites (tertiary alicyclic amines) is 2. The molecule has 0 spiro atoms. The second-order valence-electron chi connectivity index (χ2n) is 18.2. The lowest BCUT2D eigenvalue weighted by molar-refractivity contribution is -0.142. The van der Waals surface area contributed by atoms with E-state index in [9.17, 15) is 47.9 Å². The van der Waals surface area contributed by atoms with Crippen LogP contribution in [0.1, 0.15) is 64.5 Å². The van der Waals surface area contributed by atoms with Crippen molar-refractivity contribution in [1.29, 1.82) is 0 Å². The zero-order chi connectivity index (χ0) is 51.1. The Morgan fingerprint density at radius 3 is 1.69 bits per heavy atom. The van der Waals surface area contributed by atoms with Crippen LogP contribution in [0.2, 0.25) is 0 Å². The number of nitrogens with zero attached hydrogens (tertiary/aromatic N) is 2. The highest BCUT2D eigenvalue weighted by atomic mass is 16.4. The predicted molar refractivity (Wildman–Crippen MR) is 255 cm³/mol. The van der Waals surface area contributed by atoms with Gasteiger partial charge in [-0.15, -0.1) is 0 Å². The van der Waals surface area contributed by atoms with Gasteiger partial charge in [0.15, 0.2) is 0 Å². The third-order valence-corrected chi connectivity index (χ3v) is 12.3. The van der Waals surface area contributed by atoms with E-state index in [0.717, 1.165) is 10.9 Å². The molecule has 3 heterocycles. The number of carbonyl (C=O) groups excluding carboxylic acids is 9. The van der Waals surface area contributed by atoms with Crippen LogP contribution in [0.4, 0.5) is 0 Å². The SMILES string of the molecule is CC(C)[C@H](N)C(=O)N1CCC[C@H]1C(=O)NCC(=O)N[C@@H](Cc1ccccc1)C(=O)NCC(=O)N[C@H](C(=O)N1CCC[C@H]1C(=O)NCC(=O)N[C@@H](Cc1c[nH]c2ccccc12)C(=O)NCC(=O)O)C(C)C. The number of nitrogens with one attached hydrogen (secondary N) is 8. The molecule has 0 unspecified atom stereocenters. The molecule has 0 aliphatic carbocycles. The van der Waals surface area contributed by atoms with Gasteiger partial charge in [-0.2, -0.15) is 0 Å². The third kappa shape index (κ3) is 14.8. The number of H-pyrrole nitrogens is 1. The number of nitrogens with two attached hydrogens (primary N) is 1. The van der Waals surface area contributed by atoms with E-state index >= 15 is 0 Å². The molecule has 22 nitrogen and oxygen atoms in total. The molecular formula is C48H65N11O11. The topological polar surface area (TPSA) is 323 Å². The van der Waals surface area contributed by atoms with Crippen LogP contribution in [0.3, 0.4) is 0 Å². The van der Waals surface area contributed by atoms with Gasteiger partial charge in [0.1, 0.15) is 36.8 Å². The number of rotatable bonds is 23. The number of hydrogen-bond donors (Lipinski definition) is 10. The Labute approximate surface area is 405 Å². The minimum absolute atomic E-state index is 0.0124. The first-order valence-corrected chi connectivity index (χ1v) is 23.5. The van der Waals surface area contributed by atoms with Crippen molar-refractivity contribution in [3.63, 3.8) is 0 Å². The summed E-state index contributed by atoms with van der Waals surface area (Å²) in [6, 6.07) is 10.1. The number of aromatic amines is 1. The molecular weight excluding hydrogens is 907 g/mol. The first-order chi connectivity index (χ1) is 33.3. The van der Waals surface area contributed by atoms with Crippen LogP contribution in [0, 0.1) is 11.8 Å². The highest BCUT2D eigenvalue weighted by Crippen LogP contribution is 2.22. The molecule has 2 saturated heterocycles. The third-order valence-electron chi connectivity index (χ3n) is 12.3. The molecule has 5 rings (SSSR count). The van der Waals surface area contributed by atoms with Crippen molar-refractivity contribution in [2.75, 3.05) is 39.3 Å². The number of aromatic nitrogens is 1. The first-order valence-electron chi connectivity index (χ1n) is 23.5. The summed E-state index contributed by atoms with van der Waals surface area (Å²) in [5.74, 6) is -7.56. The molecule has 1 aromatic heterocycles. The molecule has 378 valence electrons. The molecule has 6 atom stereocenters. The van der Waals surface area contributed by atoms with Gasteiger partial charge in [0.05, 0.1) is 25.7 Å². The van der Waals surface area contributed by atoms with E-state index in [1.165, 1.54) is 9.80 Å². The Hall–Kier alpha value is -7.36. The minimum Gasteiger partial charge on any atom is -0.480 e. The Bertz CT molecular complexity index is 2390. The summed E-state index contributed by atoms with van der Waals surface area (Å²) in [6.45, 7) is 5.26. The fraction of sp³-hybridized carbons (Fsp3) is 0.500. The lowest BCUT2D eigenvalue weighted by Gasteiger charge is -2.30. The smallest absolute Gasteiger partial charge is 0.322 e. The monoisotopic (exact) mass is 971 g/mol. The zero-order valence-corrected chi connectivity index (χ0v) is 39.9. The van der Waals surface area contributed by atoms with Crippen LogP contribution in [-0.4, -0.2) is 155 Å². The number of aliphatic carboxylic acids is 1. The largest absolute Gasteiger partial charge is 0.480 e. The second kappa shape index (κ2) is 25.3. The maximum absolute atomic E-state index is 14.0. The van der Waals surface area contributed by atoms with Gasteiger partial charge in [-0.3, -0.25) is 47.9 Å². The number of amides is 9. The predicted octanol–water partition coefficient (Wildman–Crippen LogP) is -1.42. The maximum Gasteiger partial charge on any atom is 0.322 e. The van der Waals surface area contributed by atoms with Crippen molar-refractivity contribution in [2.24, 2.45) is 17.6 Å². The summed E-state index contributed by atoms with van der Waals surface area (Å²) >= 11 is 0. The van der Waals surface area contributed by atoms with Crippen LogP contribution in [0.25, 0.3) is 10.9 Å². The standard InChI is InChI=1S/C48H65N11O11/c1-27(2)41(49)47(69)58-18-10-16-35(58)45(67)52-23-37(60)55-33(20-29-12-6-5-7-13-29)43(65)51-25-39(62)57-42(28(3)4)48(70)59-19-11-17-36(59)46(68)53-24-38(61)56-34(44(66)54-26-40(63)64)21-30-22-50-32-15-9-8-14-31(30)32/h5-9,12-15,22,27-28,33-36,41-42,50H,10-11,16-21,23-26,49H2,1-4H3,(H,51,65)(H,52,67)(H,53,68)(H,54,66)(H,55,60)(H,56,61)(H,57,62)(H,63,64)/t33-,34-,35-,36-,41-,42-/m0/s1. The molecule has 9 amide bonds. The van der Waals surface area contributed by atoms with Gasteiger partial charge >= 0.3 is 5.97 Å². The lowest BCUT2D eigenvalue weighted by Crippen LogP contribution is -2.57. The molecule has 22 heteroatoms. The van der Waals surface area contributed by atoms with Gasteiger partial charge in [0, 0.05) is 43.0 Å². The quantitative estimate of drug-likeness (QED) is 0.0524. The Morgan fingerprint density at radius 2 is 1.13 bits per heavy atom. The normalized spacial score (nSPS) is 17.2. The highest BCUT2D eigenvalue weighted by molar-refractivity contribution is 5.97. The average molecular weight is 972 g/mol. The first kappa shape index (κ1) is 53.6. The van der Waals surface area contributed by atoms with E-state index in [-0.39, 0.29) is 37.6 Å². The number of hydrogen-bond acceptors (Lipinski definition) is 11. The molecule has 2 fully saturated rings. The van der Waals surface area contributed by atoms with E-state index in [4.69, 9.17) is 10.8 Å². The van der Waals surface area contributed by atoms with Crippen LogP contribution < -0.4 is 43.0 Å². The molecule has 2 aliphatic rings. The van der Waals surface area contributed by atoms with Crippen molar-refractivity contribution in [1.82, 2.24) is 52.0 Å². The summed E-state index contributed by atoms with van der Waals surface area (Å²) in [5, 5.41) is 27.7. The second-order valence-corrected chi connectivity index (χ2v) is 18.2. The zero-order valence-electron chi connectivity index (χ0n) is 39.9. The summed E-state index contributed by atoms with van der Waals surface area (Å²) < 4.78 is 0. The number of carboxylic acid groups (broad SMARTS) is 1. The van der Waals surface area contributed by atoms with Crippen molar-refractivity contribution >= 4 is 70.0 Å². The van der Waals surface area contributed by atoms with Crippen LogP contribution in [0.15, 0.2) is 60.8 Å². The summed E-state index contributed by atoms with van der Waals surface area (Å²) in [6.07, 6.45) is 3.44. The van der Waals surface area contributed by atoms with E-state index in [0.29, 0.717) is 36.9 Å². The molecule has 2 aromatic carbocycles. The van der Waals surface area contributed by atoms with Gasteiger partial charge in [-0.25, -0.2) is 0 Å². The van der Waals surface area contributed by atoms with E-state index in [1.54, 1.807) is 50.4 Å². The van der Waals surface area contributed by atoms with E-state index in [2.05, 4.69) is 42.2 Å². The van der Waals surface area contributed by atoms with E-state index < -0.39 is 122 Å². The van der Waals surface area contributed by atoms with Crippen molar-refractivity contribution in [3.8, 4) is 0 Å². The van der Waals surface area contributed by atoms with Gasteiger partial charge < -0.3 is 62.8 Å². The van der Waals surface area contributed by atoms with Crippen LogP contribution in [0.5, 0.6) is 0 Å². The van der Waals surface area contributed by atoms with Crippen molar-refractivity contribution in [3.05, 3.63) is 71.9 Å². The van der Waals surface area contributed by atoms with Crippen LogP contribution >= 0.6 is 0 Å². The molecule has 0 radical (unpaired) electrons. The number of carbonyl (C=O) groups is 10. The molecule has 11 N–H and O–H groups in total. The van der Waals surface area contributed by atoms with Gasteiger partial charge in [-0.1, -0.05) is 76.2 Å². The van der Waals surface area contributed by atoms with Gasteiger partial charge in [-0.05, 0) is 54.7 Å². The Kier molecular flexibility index (Phi) is 19.4. The number of fused-ring (bicyclic) bond motifs is 1. The number of benzene rings is 2. The summed E-state index contributed by atoms with van der Waals surface area (Å²) in [4.78, 5) is 137. The van der Waals surface area contributed by atoms with Crippen molar-refractivity contribution < 1.29 is 53.1 Å². The van der Waals surface area contributed by atoms with E-state index in [1.807, 2.05) is 38.1 Å². The number of para-hydroxylation sites is 1. The van der Waals surface area contributed by atoms with Crippen LogP contribution in [-0.2, 0) is 60.8 Å². The maximum atomic E-state index is 14.0. The van der Waals surface area contributed by atoms with Crippen molar-refractivity contribution in [2.45, 2.75) is 102 Å². The lowest BCUT2D eigenvalue weighted by atomic mass is 10.0. The average Bonchev–Trinajstić information content (AvgIpc) is 4.13. The Morgan fingerprint density at radius 1 is 0.629 bits per heavy atom. The molecule has 0 saturated carbocycles. The molecule has 0 bridgehead atoms. The number of carboxylic acids is 1. The fourth-order valence-corrected chi connectivity index (χ4v) is 8.43. The molecule has 2 aliphatic heterocycles. The highest BCUT2D eigenvalue weighted by Gasteiger charge is 2.40. The van der Waals surface area contributed by atoms with Gasteiger partial charge in [0.25, 0.3) is 0 Å².